The van der Waals surface area contributed by atoms with Gasteiger partial charge in [0.25, 0.3) is 5.91 Å². The van der Waals surface area contributed by atoms with Crippen LogP contribution in [0.25, 0.3) is 0 Å². The summed E-state index contributed by atoms with van der Waals surface area (Å²) < 4.78 is 7.16. The van der Waals surface area contributed by atoms with Gasteiger partial charge in [0.1, 0.15) is 5.75 Å². The molecular formula is C17H16Br2N2O3. The van der Waals surface area contributed by atoms with Crippen LogP contribution >= 0.6 is 31.9 Å². The SMILES string of the molecule is CCC(=O)Nc1ccc(NC(=O)COc2ccc(Br)cc2Br)cc1. The maximum absolute atomic E-state index is 11.9. The molecule has 0 fully saturated rings. The van der Waals surface area contributed by atoms with Gasteiger partial charge in [-0.1, -0.05) is 22.9 Å². The summed E-state index contributed by atoms with van der Waals surface area (Å²) in [6.07, 6.45) is 0.418. The molecule has 0 aromatic heterocycles. The van der Waals surface area contributed by atoms with Gasteiger partial charge in [-0.25, -0.2) is 0 Å². The molecule has 2 rings (SSSR count). The van der Waals surface area contributed by atoms with Gasteiger partial charge in [-0.3, -0.25) is 9.59 Å². The molecule has 0 spiro atoms. The summed E-state index contributed by atoms with van der Waals surface area (Å²) in [4.78, 5) is 23.3. The van der Waals surface area contributed by atoms with Crippen LogP contribution in [0.4, 0.5) is 11.4 Å². The van der Waals surface area contributed by atoms with Gasteiger partial charge in [0, 0.05) is 22.3 Å². The Labute approximate surface area is 157 Å². The predicted octanol–water partition coefficient (Wildman–Crippen LogP) is 4.58. The van der Waals surface area contributed by atoms with Crippen molar-refractivity contribution in [2.75, 3.05) is 17.2 Å². The number of halogens is 2. The third kappa shape index (κ3) is 5.65. The summed E-state index contributed by atoms with van der Waals surface area (Å²) in [5, 5.41) is 5.48. The highest BCUT2D eigenvalue weighted by Crippen LogP contribution is 2.28. The Morgan fingerprint density at radius 2 is 1.54 bits per heavy atom. The van der Waals surface area contributed by atoms with Crippen LogP contribution in [-0.2, 0) is 9.59 Å². The van der Waals surface area contributed by atoms with Crippen LogP contribution in [0.3, 0.4) is 0 Å². The Bertz CT molecular complexity index is 733. The van der Waals surface area contributed by atoms with Crippen LogP contribution in [0, 0.1) is 0 Å². The number of ether oxygens (including phenoxy) is 1. The summed E-state index contributed by atoms with van der Waals surface area (Å²) in [6, 6.07) is 12.4. The van der Waals surface area contributed by atoms with Crippen LogP contribution in [0.2, 0.25) is 0 Å². The molecule has 0 atom stereocenters. The molecule has 24 heavy (non-hydrogen) atoms. The lowest BCUT2D eigenvalue weighted by atomic mass is 10.2. The van der Waals surface area contributed by atoms with Gasteiger partial charge >= 0.3 is 0 Å². The second-order valence-electron chi connectivity index (χ2n) is 4.89. The van der Waals surface area contributed by atoms with Crippen molar-refractivity contribution in [2.45, 2.75) is 13.3 Å². The van der Waals surface area contributed by atoms with Gasteiger partial charge in [-0.2, -0.15) is 0 Å². The lowest BCUT2D eigenvalue weighted by molar-refractivity contribution is -0.118. The normalized spacial score (nSPS) is 10.1. The van der Waals surface area contributed by atoms with Crippen molar-refractivity contribution in [3.8, 4) is 5.75 Å². The van der Waals surface area contributed by atoms with Crippen molar-refractivity contribution in [3.05, 3.63) is 51.4 Å². The van der Waals surface area contributed by atoms with Gasteiger partial charge in [-0.05, 0) is 58.4 Å². The minimum atomic E-state index is -0.268. The Balaban J connectivity index is 1.86. The molecule has 2 N–H and O–H groups in total. The largest absolute Gasteiger partial charge is 0.483 e. The van der Waals surface area contributed by atoms with Gasteiger partial charge in [0.15, 0.2) is 6.61 Å². The molecule has 0 heterocycles. The van der Waals surface area contributed by atoms with E-state index in [2.05, 4.69) is 42.5 Å². The summed E-state index contributed by atoms with van der Waals surface area (Å²) in [5.41, 5.74) is 1.32. The number of hydrogen-bond donors (Lipinski definition) is 2. The molecule has 0 saturated heterocycles. The van der Waals surface area contributed by atoms with E-state index in [0.717, 1.165) is 8.95 Å². The number of carbonyl (C=O) groups is 2. The number of nitrogens with one attached hydrogen (secondary N) is 2. The number of anilines is 2. The zero-order valence-electron chi connectivity index (χ0n) is 12.9. The molecular weight excluding hydrogens is 440 g/mol. The van der Waals surface area contributed by atoms with Crippen LogP contribution < -0.4 is 15.4 Å². The average molecular weight is 456 g/mol. The van der Waals surface area contributed by atoms with E-state index >= 15 is 0 Å². The predicted molar refractivity (Wildman–Crippen MR) is 101 cm³/mol. The van der Waals surface area contributed by atoms with Crippen LogP contribution in [0.15, 0.2) is 51.4 Å². The van der Waals surface area contributed by atoms with E-state index < -0.39 is 0 Å². The van der Waals surface area contributed by atoms with E-state index in [1.54, 1.807) is 37.3 Å². The van der Waals surface area contributed by atoms with E-state index in [0.29, 0.717) is 23.5 Å². The fraction of sp³-hybridized carbons (Fsp3) is 0.176. The molecule has 2 amide bonds. The quantitative estimate of drug-likeness (QED) is 0.669. The molecule has 0 aliphatic heterocycles. The smallest absolute Gasteiger partial charge is 0.262 e. The molecule has 7 heteroatoms. The Morgan fingerprint density at radius 3 is 2.08 bits per heavy atom. The Kier molecular flexibility index (Phi) is 6.81. The minimum Gasteiger partial charge on any atom is -0.483 e. The van der Waals surface area contributed by atoms with E-state index in [9.17, 15) is 9.59 Å². The van der Waals surface area contributed by atoms with E-state index in [-0.39, 0.29) is 18.4 Å². The van der Waals surface area contributed by atoms with Gasteiger partial charge in [0.05, 0.1) is 4.47 Å². The van der Waals surface area contributed by atoms with Crippen LogP contribution in [0.5, 0.6) is 5.75 Å². The summed E-state index contributed by atoms with van der Waals surface area (Å²) in [7, 11) is 0. The van der Waals surface area contributed by atoms with E-state index in [1.807, 2.05) is 12.1 Å². The van der Waals surface area contributed by atoms with Crippen molar-refractivity contribution >= 4 is 55.0 Å². The number of rotatable bonds is 6. The fourth-order valence-corrected chi connectivity index (χ4v) is 2.98. The maximum Gasteiger partial charge on any atom is 0.262 e. The first-order valence-corrected chi connectivity index (χ1v) is 8.84. The average Bonchev–Trinajstić information content (AvgIpc) is 2.55. The zero-order valence-corrected chi connectivity index (χ0v) is 16.1. The van der Waals surface area contributed by atoms with Crippen molar-refractivity contribution < 1.29 is 14.3 Å². The van der Waals surface area contributed by atoms with Crippen molar-refractivity contribution in [3.63, 3.8) is 0 Å². The number of amides is 2. The number of hydrogen-bond acceptors (Lipinski definition) is 3. The summed E-state index contributed by atoms with van der Waals surface area (Å²) in [6.45, 7) is 1.68. The van der Waals surface area contributed by atoms with Gasteiger partial charge in [-0.15, -0.1) is 0 Å². The number of carbonyl (C=O) groups excluding carboxylic acids is 2. The Hall–Kier alpha value is -1.86. The molecule has 126 valence electrons. The standard InChI is InChI=1S/C17H16Br2N2O3/c1-2-16(22)20-12-4-6-13(7-5-12)21-17(23)10-24-15-8-3-11(18)9-14(15)19/h3-9H,2,10H2,1H3,(H,20,22)(H,21,23). The lowest BCUT2D eigenvalue weighted by Gasteiger charge is -2.10. The van der Waals surface area contributed by atoms with Crippen molar-refractivity contribution in [1.82, 2.24) is 0 Å². The first-order chi connectivity index (χ1) is 11.5. The highest BCUT2D eigenvalue weighted by atomic mass is 79.9. The molecule has 0 aliphatic rings. The number of benzene rings is 2. The van der Waals surface area contributed by atoms with Crippen LogP contribution in [-0.4, -0.2) is 18.4 Å². The summed E-state index contributed by atoms with van der Waals surface area (Å²) >= 11 is 6.73. The molecule has 5 nitrogen and oxygen atoms in total. The first-order valence-electron chi connectivity index (χ1n) is 7.25. The minimum absolute atomic E-state index is 0.0553. The molecule has 2 aromatic carbocycles. The highest BCUT2D eigenvalue weighted by Gasteiger charge is 2.07. The molecule has 0 radical (unpaired) electrons. The third-order valence-corrected chi connectivity index (χ3v) is 4.14. The van der Waals surface area contributed by atoms with Gasteiger partial charge < -0.3 is 15.4 Å². The van der Waals surface area contributed by atoms with E-state index in [4.69, 9.17) is 4.74 Å². The van der Waals surface area contributed by atoms with Crippen molar-refractivity contribution in [1.29, 1.82) is 0 Å². The van der Waals surface area contributed by atoms with E-state index in [1.165, 1.54) is 0 Å². The highest BCUT2D eigenvalue weighted by molar-refractivity contribution is 9.11. The molecule has 2 aromatic rings. The van der Waals surface area contributed by atoms with Crippen LogP contribution in [0.1, 0.15) is 13.3 Å². The van der Waals surface area contributed by atoms with Gasteiger partial charge in [0.2, 0.25) is 5.91 Å². The maximum atomic E-state index is 11.9. The second-order valence-corrected chi connectivity index (χ2v) is 6.66. The molecule has 0 aliphatic carbocycles. The topological polar surface area (TPSA) is 67.4 Å². The zero-order chi connectivity index (χ0) is 17.5. The summed E-state index contributed by atoms with van der Waals surface area (Å²) in [5.74, 6) is 0.265. The third-order valence-electron chi connectivity index (χ3n) is 3.03. The molecule has 0 unspecified atom stereocenters. The first kappa shape index (κ1) is 18.5. The molecule has 0 bridgehead atoms. The lowest BCUT2D eigenvalue weighted by Crippen LogP contribution is -2.20. The molecule has 0 saturated carbocycles. The monoisotopic (exact) mass is 454 g/mol. The fourth-order valence-electron chi connectivity index (χ4n) is 1.82. The Morgan fingerprint density at radius 1 is 0.958 bits per heavy atom. The second kappa shape index (κ2) is 8.84. The van der Waals surface area contributed by atoms with Crippen molar-refractivity contribution in [2.24, 2.45) is 0 Å².